The SMILES string of the molecule is CCCCCCCCCCCC(=O)C(C(=O)OC)(C(C)(C)O)C(C)(Cl)CCC. The van der Waals surface area contributed by atoms with Gasteiger partial charge in [0.05, 0.1) is 17.6 Å². The van der Waals surface area contributed by atoms with Gasteiger partial charge in [-0.05, 0) is 33.6 Å². The third-order valence-electron chi connectivity index (χ3n) is 5.84. The first kappa shape index (κ1) is 27.4. The lowest BCUT2D eigenvalue weighted by Gasteiger charge is -2.48. The number of halogens is 1. The van der Waals surface area contributed by atoms with E-state index in [1.54, 1.807) is 6.92 Å². The molecule has 0 aliphatic rings. The largest absolute Gasteiger partial charge is 0.468 e. The van der Waals surface area contributed by atoms with Crippen molar-refractivity contribution in [3.63, 3.8) is 0 Å². The number of hydrogen-bond acceptors (Lipinski definition) is 4. The van der Waals surface area contributed by atoms with E-state index in [4.69, 9.17) is 16.3 Å². The van der Waals surface area contributed by atoms with Gasteiger partial charge >= 0.3 is 5.97 Å². The third kappa shape index (κ3) is 7.02. The number of Topliss-reactive ketones (excluding diaryl/α,β-unsaturated/α-hetero) is 1. The van der Waals surface area contributed by atoms with Crippen LogP contribution in [0.1, 0.15) is 112 Å². The third-order valence-corrected chi connectivity index (χ3v) is 6.31. The molecule has 166 valence electrons. The predicted octanol–water partition coefficient (Wildman–Crippen LogP) is 6.20. The summed E-state index contributed by atoms with van der Waals surface area (Å²) in [5.41, 5.74) is -3.41. The van der Waals surface area contributed by atoms with Gasteiger partial charge in [-0.2, -0.15) is 0 Å². The summed E-state index contributed by atoms with van der Waals surface area (Å²) < 4.78 is 4.98. The first-order valence-corrected chi connectivity index (χ1v) is 11.4. The van der Waals surface area contributed by atoms with Crippen LogP contribution in [0.25, 0.3) is 0 Å². The number of carbonyl (C=O) groups is 2. The molecule has 0 rings (SSSR count). The first-order chi connectivity index (χ1) is 13.0. The molecule has 0 aromatic heterocycles. The van der Waals surface area contributed by atoms with Gasteiger partial charge in [0.2, 0.25) is 0 Å². The highest BCUT2D eigenvalue weighted by atomic mass is 35.5. The zero-order valence-electron chi connectivity index (χ0n) is 19.0. The van der Waals surface area contributed by atoms with Crippen molar-refractivity contribution in [3.05, 3.63) is 0 Å². The van der Waals surface area contributed by atoms with Crippen LogP contribution < -0.4 is 0 Å². The Labute approximate surface area is 177 Å². The number of carbonyl (C=O) groups excluding carboxylic acids is 2. The van der Waals surface area contributed by atoms with Crippen LogP contribution in [0.5, 0.6) is 0 Å². The van der Waals surface area contributed by atoms with Crippen LogP contribution in [0.2, 0.25) is 0 Å². The Kier molecular flexibility index (Phi) is 12.6. The van der Waals surface area contributed by atoms with E-state index < -0.39 is 21.9 Å². The first-order valence-electron chi connectivity index (χ1n) is 11.1. The van der Waals surface area contributed by atoms with E-state index in [0.717, 1.165) is 12.8 Å². The van der Waals surface area contributed by atoms with Crippen molar-refractivity contribution in [1.29, 1.82) is 0 Å². The molecule has 0 fully saturated rings. The number of alkyl halides is 1. The number of ketones is 1. The van der Waals surface area contributed by atoms with Crippen LogP contribution in [0, 0.1) is 5.41 Å². The fourth-order valence-corrected chi connectivity index (χ4v) is 5.04. The highest BCUT2D eigenvalue weighted by Crippen LogP contribution is 2.50. The Hall–Kier alpha value is -0.610. The van der Waals surface area contributed by atoms with E-state index in [-0.39, 0.29) is 12.2 Å². The molecule has 0 heterocycles. The summed E-state index contributed by atoms with van der Waals surface area (Å²) in [4.78, 5) is 24.9. The summed E-state index contributed by atoms with van der Waals surface area (Å²) in [6, 6.07) is 0. The second-order valence-electron chi connectivity index (χ2n) is 8.75. The van der Waals surface area contributed by atoms with Crippen LogP contribution >= 0.6 is 11.6 Å². The van der Waals surface area contributed by atoms with E-state index in [2.05, 4.69) is 6.92 Å². The van der Waals surface area contributed by atoms with Gasteiger partial charge in [0.15, 0.2) is 11.2 Å². The summed E-state index contributed by atoms with van der Waals surface area (Å²) >= 11 is 6.75. The van der Waals surface area contributed by atoms with E-state index >= 15 is 0 Å². The van der Waals surface area contributed by atoms with Crippen molar-refractivity contribution in [2.45, 2.75) is 122 Å². The quantitative estimate of drug-likeness (QED) is 0.140. The molecule has 0 aromatic carbocycles. The van der Waals surface area contributed by atoms with Crippen LogP contribution in [-0.4, -0.2) is 34.4 Å². The molecule has 2 unspecified atom stereocenters. The number of methoxy groups -OCH3 is 1. The minimum absolute atomic E-state index is 0.223. The molecular weight excluding hydrogens is 376 g/mol. The summed E-state index contributed by atoms with van der Waals surface area (Å²) in [5.74, 6) is -1.06. The van der Waals surface area contributed by atoms with Crippen molar-refractivity contribution >= 4 is 23.4 Å². The summed E-state index contributed by atoms with van der Waals surface area (Å²) in [6.45, 7) is 8.79. The van der Waals surface area contributed by atoms with Gasteiger partial charge in [-0.3, -0.25) is 9.59 Å². The number of hydrogen-bond donors (Lipinski definition) is 1. The van der Waals surface area contributed by atoms with Crippen molar-refractivity contribution in [3.8, 4) is 0 Å². The fraction of sp³-hybridized carbons (Fsp3) is 0.913. The van der Waals surface area contributed by atoms with Gasteiger partial charge in [0, 0.05) is 6.42 Å². The zero-order chi connectivity index (χ0) is 21.8. The van der Waals surface area contributed by atoms with Gasteiger partial charge in [-0.1, -0.05) is 71.6 Å². The molecule has 0 aliphatic heterocycles. The van der Waals surface area contributed by atoms with Crippen LogP contribution in [0.15, 0.2) is 0 Å². The van der Waals surface area contributed by atoms with E-state index in [9.17, 15) is 14.7 Å². The van der Waals surface area contributed by atoms with Gasteiger partial charge in [0.25, 0.3) is 0 Å². The average Bonchev–Trinajstić information content (AvgIpc) is 2.58. The van der Waals surface area contributed by atoms with E-state index in [0.29, 0.717) is 19.3 Å². The molecule has 0 bridgehead atoms. The predicted molar refractivity (Wildman–Crippen MR) is 117 cm³/mol. The fourth-order valence-electron chi connectivity index (χ4n) is 4.44. The molecule has 0 aromatic rings. The Balaban J connectivity index is 5.03. The normalized spacial score (nSPS) is 16.3. The molecule has 0 spiro atoms. The Morgan fingerprint density at radius 3 is 1.71 bits per heavy atom. The van der Waals surface area contributed by atoms with Crippen molar-refractivity contribution in [1.82, 2.24) is 0 Å². The Morgan fingerprint density at radius 1 is 0.857 bits per heavy atom. The average molecular weight is 419 g/mol. The Morgan fingerprint density at radius 2 is 1.32 bits per heavy atom. The number of ether oxygens (including phenoxy) is 1. The number of unbranched alkanes of at least 4 members (excludes halogenated alkanes) is 8. The van der Waals surface area contributed by atoms with Crippen LogP contribution in [0.4, 0.5) is 0 Å². The maximum Gasteiger partial charge on any atom is 0.324 e. The van der Waals surface area contributed by atoms with Gasteiger partial charge < -0.3 is 9.84 Å². The molecule has 28 heavy (non-hydrogen) atoms. The van der Waals surface area contributed by atoms with E-state index in [1.165, 1.54) is 59.5 Å². The van der Waals surface area contributed by atoms with E-state index in [1.807, 2.05) is 6.92 Å². The minimum Gasteiger partial charge on any atom is -0.468 e. The second kappa shape index (κ2) is 12.8. The summed E-state index contributed by atoms with van der Waals surface area (Å²) in [5, 5.41) is 10.9. The molecule has 5 heteroatoms. The molecular formula is C23H43ClO4. The summed E-state index contributed by atoms with van der Waals surface area (Å²) in [7, 11) is 1.24. The maximum atomic E-state index is 13.3. The molecule has 0 amide bonds. The molecule has 0 saturated heterocycles. The lowest BCUT2D eigenvalue weighted by molar-refractivity contribution is -0.179. The van der Waals surface area contributed by atoms with Gasteiger partial charge in [-0.25, -0.2) is 0 Å². The second-order valence-corrected chi connectivity index (χ2v) is 9.58. The highest BCUT2D eigenvalue weighted by molar-refractivity contribution is 6.29. The van der Waals surface area contributed by atoms with Crippen LogP contribution in [0.3, 0.4) is 0 Å². The molecule has 0 saturated carbocycles. The van der Waals surface area contributed by atoms with Gasteiger partial charge in [0.1, 0.15) is 0 Å². The lowest BCUT2D eigenvalue weighted by Crippen LogP contribution is -2.65. The lowest BCUT2D eigenvalue weighted by atomic mass is 9.60. The molecule has 2 atom stereocenters. The van der Waals surface area contributed by atoms with Crippen LogP contribution in [-0.2, 0) is 14.3 Å². The Bertz CT molecular complexity index is 468. The number of rotatable bonds is 16. The molecule has 1 N–H and O–H groups in total. The molecule has 0 aliphatic carbocycles. The maximum absolute atomic E-state index is 13.3. The molecule has 0 radical (unpaired) electrons. The van der Waals surface area contributed by atoms with Crippen molar-refractivity contribution in [2.24, 2.45) is 5.41 Å². The minimum atomic E-state index is -1.79. The molecule has 4 nitrogen and oxygen atoms in total. The summed E-state index contributed by atoms with van der Waals surface area (Å²) in [6.07, 6.45) is 11.6. The van der Waals surface area contributed by atoms with Crippen molar-refractivity contribution in [2.75, 3.05) is 7.11 Å². The monoisotopic (exact) mass is 418 g/mol. The van der Waals surface area contributed by atoms with Crippen molar-refractivity contribution < 1.29 is 19.4 Å². The van der Waals surface area contributed by atoms with Gasteiger partial charge in [-0.15, -0.1) is 11.6 Å². The smallest absolute Gasteiger partial charge is 0.324 e. The number of aliphatic hydroxyl groups is 1. The standard InChI is InChI=1S/C23H43ClO4/c1-7-9-10-11-12-13-14-15-16-17-19(25)23(20(26)28-6,21(3,4)27)22(5,24)18-8-2/h27H,7-18H2,1-6H3. The topological polar surface area (TPSA) is 63.6 Å². The number of esters is 1. The zero-order valence-corrected chi connectivity index (χ0v) is 19.8. The highest BCUT2D eigenvalue weighted by Gasteiger charge is 2.66.